The van der Waals surface area contributed by atoms with E-state index in [1.54, 1.807) is 30.3 Å². The van der Waals surface area contributed by atoms with Gasteiger partial charge in [-0.3, -0.25) is 14.9 Å². The van der Waals surface area contributed by atoms with Gasteiger partial charge in [-0.05, 0) is 61.4 Å². The molecule has 2 aromatic carbocycles. The predicted octanol–water partition coefficient (Wildman–Crippen LogP) is 4.58. The van der Waals surface area contributed by atoms with Gasteiger partial charge in [0.05, 0.1) is 18.9 Å². The summed E-state index contributed by atoms with van der Waals surface area (Å²) >= 11 is 5.88. The smallest absolute Gasteiger partial charge is 0.335 e. The second-order valence-electron chi connectivity index (χ2n) is 6.78. The van der Waals surface area contributed by atoms with Gasteiger partial charge in [0.1, 0.15) is 5.57 Å². The molecule has 7 nitrogen and oxygen atoms in total. The first-order valence-corrected chi connectivity index (χ1v) is 10.4. The molecule has 0 aromatic heterocycles. The van der Waals surface area contributed by atoms with Crippen molar-refractivity contribution in [2.24, 2.45) is 0 Å². The molecule has 1 fully saturated rings. The van der Waals surface area contributed by atoms with Crippen LogP contribution in [-0.4, -0.2) is 31.1 Å². The van der Waals surface area contributed by atoms with Gasteiger partial charge in [-0.2, -0.15) is 0 Å². The number of carbonyl (C=O) groups is 3. The molecular formula is C23H23ClN2O5. The van der Waals surface area contributed by atoms with Gasteiger partial charge in [-0.25, -0.2) is 9.69 Å². The Morgan fingerprint density at radius 1 is 1.00 bits per heavy atom. The van der Waals surface area contributed by atoms with Crippen molar-refractivity contribution in [1.29, 1.82) is 0 Å². The molecule has 1 N–H and O–H groups in total. The van der Waals surface area contributed by atoms with Crippen molar-refractivity contribution in [3.05, 3.63) is 58.6 Å². The van der Waals surface area contributed by atoms with Crippen LogP contribution in [0.15, 0.2) is 48.0 Å². The summed E-state index contributed by atoms with van der Waals surface area (Å²) in [6.45, 7) is 4.93. The van der Waals surface area contributed by atoms with Crippen LogP contribution in [-0.2, 0) is 9.59 Å². The predicted molar refractivity (Wildman–Crippen MR) is 118 cm³/mol. The summed E-state index contributed by atoms with van der Waals surface area (Å²) in [5, 5.41) is 2.66. The van der Waals surface area contributed by atoms with Crippen LogP contribution in [0.4, 0.5) is 10.5 Å². The molecule has 0 saturated carbocycles. The molecule has 1 aliphatic heterocycles. The third kappa shape index (κ3) is 5.24. The summed E-state index contributed by atoms with van der Waals surface area (Å²) in [5.74, 6) is -0.379. The number of rotatable bonds is 8. The molecule has 4 amide bonds. The van der Waals surface area contributed by atoms with Crippen molar-refractivity contribution in [3.63, 3.8) is 0 Å². The van der Waals surface area contributed by atoms with Crippen molar-refractivity contribution < 1.29 is 23.9 Å². The fourth-order valence-electron chi connectivity index (χ4n) is 2.98. The van der Waals surface area contributed by atoms with E-state index >= 15 is 0 Å². The van der Waals surface area contributed by atoms with Crippen LogP contribution in [0, 0.1) is 0 Å². The molecule has 3 rings (SSSR count). The first-order valence-electron chi connectivity index (χ1n) is 10.0. The van der Waals surface area contributed by atoms with Crippen molar-refractivity contribution >= 4 is 41.2 Å². The van der Waals surface area contributed by atoms with E-state index in [0.29, 0.717) is 41.0 Å². The van der Waals surface area contributed by atoms with E-state index in [1.807, 2.05) is 6.92 Å². The van der Waals surface area contributed by atoms with Crippen LogP contribution in [0.3, 0.4) is 0 Å². The van der Waals surface area contributed by atoms with Crippen LogP contribution in [0.2, 0.25) is 5.02 Å². The minimum Gasteiger partial charge on any atom is -0.490 e. The van der Waals surface area contributed by atoms with Crippen molar-refractivity contribution in [2.45, 2.75) is 26.7 Å². The van der Waals surface area contributed by atoms with Gasteiger partial charge in [-0.1, -0.05) is 31.0 Å². The molecule has 0 aliphatic carbocycles. The normalized spacial score (nSPS) is 15.3. The summed E-state index contributed by atoms with van der Waals surface area (Å²) in [6, 6.07) is 10.5. The third-order valence-electron chi connectivity index (χ3n) is 4.52. The lowest BCUT2D eigenvalue weighted by Crippen LogP contribution is -2.54. The lowest BCUT2D eigenvalue weighted by Gasteiger charge is -2.26. The molecule has 1 saturated heterocycles. The molecule has 162 valence electrons. The lowest BCUT2D eigenvalue weighted by atomic mass is 10.1. The van der Waals surface area contributed by atoms with Gasteiger partial charge in [0.15, 0.2) is 11.5 Å². The Bertz CT molecular complexity index is 1020. The molecule has 1 heterocycles. The van der Waals surface area contributed by atoms with Crippen molar-refractivity contribution in [2.75, 3.05) is 18.1 Å². The third-order valence-corrected chi connectivity index (χ3v) is 4.77. The quantitative estimate of drug-likeness (QED) is 0.367. The lowest BCUT2D eigenvalue weighted by molar-refractivity contribution is -0.122. The number of barbiturate groups is 1. The van der Waals surface area contributed by atoms with E-state index in [0.717, 1.165) is 17.7 Å². The van der Waals surface area contributed by atoms with Gasteiger partial charge in [-0.15, -0.1) is 0 Å². The fourth-order valence-corrected chi connectivity index (χ4v) is 3.10. The van der Waals surface area contributed by atoms with Crippen molar-refractivity contribution in [1.82, 2.24) is 5.32 Å². The first-order chi connectivity index (χ1) is 14.9. The Labute approximate surface area is 185 Å². The number of nitrogens with one attached hydrogen (secondary N) is 1. The Hall–Kier alpha value is -3.32. The van der Waals surface area contributed by atoms with Crippen LogP contribution in [0.25, 0.3) is 6.08 Å². The summed E-state index contributed by atoms with van der Waals surface area (Å²) in [7, 11) is 0. The molecule has 0 spiro atoms. The number of imide groups is 2. The highest BCUT2D eigenvalue weighted by Crippen LogP contribution is 2.30. The molecule has 0 unspecified atom stereocenters. The summed E-state index contributed by atoms with van der Waals surface area (Å²) in [4.78, 5) is 38.5. The number of urea groups is 1. The van der Waals surface area contributed by atoms with E-state index in [9.17, 15) is 14.4 Å². The number of benzene rings is 2. The average molecular weight is 443 g/mol. The standard InChI is InChI=1S/C23H23ClN2O5/c1-3-5-12-31-19-11-6-15(14-20(19)30-4-2)13-18-21(27)25-23(29)26(22(18)28)17-9-7-16(24)8-10-17/h6-11,13-14H,3-5,12H2,1-2H3,(H,25,27,29)/b18-13-. The van der Waals surface area contributed by atoms with Crippen molar-refractivity contribution in [3.8, 4) is 11.5 Å². The Morgan fingerprint density at radius 3 is 2.42 bits per heavy atom. The zero-order chi connectivity index (χ0) is 22.4. The van der Waals surface area contributed by atoms with E-state index in [2.05, 4.69) is 12.2 Å². The molecule has 0 bridgehead atoms. The number of unbranched alkanes of at least 4 members (excludes halogenated alkanes) is 1. The highest BCUT2D eigenvalue weighted by molar-refractivity contribution is 6.39. The molecule has 1 aliphatic rings. The maximum absolute atomic E-state index is 13.0. The van der Waals surface area contributed by atoms with Gasteiger partial charge in [0.2, 0.25) is 0 Å². The Balaban J connectivity index is 1.92. The van der Waals surface area contributed by atoms with Crippen LogP contribution < -0.4 is 19.7 Å². The Morgan fingerprint density at radius 2 is 1.74 bits per heavy atom. The summed E-state index contributed by atoms with van der Waals surface area (Å²) in [6.07, 6.45) is 3.35. The topological polar surface area (TPSA) is 84.9 Å². The minimum atomic E-state index is -0.816. The van der Waals surface area contributed by atoms with Gasteiger partial charge >= 0.3 is 6.03 Å². The molecule has 0 atom stereocenters. The number of hydrogen-bond donors (Lipinski definition) is 1. The second-order valence-corrected chi connectivity index (χ2v) is 7.21. The number of halogens is 1. The highest BCUT2D eigenvalue weighted by atomic mass is 35.5. The molecule has 0 radical (unpaired) electrons. The van der Waals surface area contributed by atoms with Gasteiger partial charge in [0, 0.05) is 5.02 Å². The van der Waals surface area contributed by atoms with Gasteiger partial charge in [0.25, 0.3) is 11.8 Å². The second kappa shape index (κ2) is 10.1. The zero-order valence-electron chi connectivity index (χ0n) is 17.3. The SMILES string of the molecule is CCCCOc1ccc(/C=C2/C(=O)NC(=O)N(c3ccc(Cl)cc3)C2=O)cc1OCC. The molecule has 8 heteroatoms. The number of nitrogens with zero attached hydrogens (tertiary/aromatic N) is 1. The maximum atomic E-state index is 13.0. The summed E-state index contributed by atoms with van der Waals surface area (Å²) in [5.41, 5.74) is 0.701. The minimum absolute atomic E-state index is 0.170. The van der Waals surface area contributed by atoms with E-state index in [1.165, 1.54) is 18.2 Å². The number of carbonyl (C=O) groups excluding carboxylic acids is 3. The zero-order valence-corrected chi connectivity index (χ0v) is 18.1. The number of anilines is 1. The highest BCUT2D eigenvalue weighted by Gasteiger charge is 2.36. The maximum Gasteiger partial charge on any atom is 0.335 e. The summed E-state index contributed by atoms with van der Waals surface area (Å²) < 4.78 is 11.4. The van der Waals surface area contributed by atoms with Gasteiger partial charge < -0.3 is 9.47 Å². The number of hydrogen-bond acceptors (Lipinski definition) is 5. The first kappa shape index (κ1) is 22.4. The number of ether oxygens (including phenoxy) is 2. The number of amides is 4. The van der Waals surface area contributed by atoms with E-state index in [4.69, 9.17) is 21.1 Å². The van der Waals surface area contributed by atoms with Crippen LogP contribution in [0.1, 0.15) is 32.3 Å². The molecular weight excluding hydrogens is 420 g/mol. The monoisotopic (exact) mass is 442 g/mol. The fraction of sp³-hybridized carbons (Fsp3) is 0.261. The molecule has 2 aromatic rings. The molecule has 31 heavy (non-hydrogen) atoms. The Kier molecular flexibility index (Phi) is 7.31. The average Bonchev–Trinajstić information content (AvgIpc) is 2.74. The largest absolute Gasteiger partial charge is 0.490 e. The van der Waals surface area contributed by atoms with E-state index in [-0.39, 0.29) is 5.57 Å². The van der Waals surface area contributed by atoms with Crippen LogP contribution in [0.5, 0.6) is 11.5 Å². The van der Waals surface area contributed by atoms with E-state index < -0.39 is 17.8 Å². The van der Waals surface area contributed by atoms with Crippen LogP contribution >= 0.6 is 11.6 Å².